The number of hydrogen-bond donors (Lipinski definition) is 0. The topological polar surface area (TPSA) is 0 Å². The molecule has 0 saturated heterocycles. The molecule has 2 rings (SSSR count). The summed E-state index contributed by atoms with van der Waals surface area (Å²) in [5.41, 5.74) is 3.25. The third-order valence-corrected chi connectivity index (χ3v) is 21.1. The molecule has 0 unspecified atom stereocenters. The van der Waals surface area contributed by atoms with E-state index in [1.54, 1.807) is 11.1 Å². The molecule has 102 valence electrons. The minimum absolute atomic E-state index is 0.112. The minimum atomic E-state index is -1.45. The molecule has 0 fully saturated rings. The molecule has 0 aliphatic heterocycles. The van der Waals surface area contributed by atoms with Gasteiger partial charge in [-0.15, -0.1) is 0 Å². The van der Waals surface area contributed by atoms with Gasteiger partial charge in [0.2, 0.25) is 0 Å². The summed E-state index contributed by atoms with van der Waals surface area (Å²) in [4.78, 5) is 0. The van der Waals surface area contributed by atoms with E-state index in [4.69, 9.17) is 0 Å². The molecule has 0 amide bonds. The van der Waals surface area contributed by atoms with Crippen LogP contribution in [0.4, 0.5) is 0 Å². The van der Waals surface area contributed by atoms with E-state index < -0.39 is 20.4 Å². The van der Waals surface area contributed by atoms with Gasteiger partial charge in [0.05, 0.1) is 0 Å². The van der Waals surface area contributed by atoms with Crippen LogP contribution in [0.3, 0.4) is 0 Å². The maximum absolute atomic E-state index is 2.59. The molecule has 0 radical (unpaired) electrons. The fourth-order valence-corrected chi connectivity index (χ4v) is 20.2. The van der Waals surface area contributed by atoms with E-state index in [1.807, 2.05) is 6.56 Å². The number of hydrogen-bond acceptors (Lipinski definition) is 0. The Bertz CT molecular complexity index is 511. The van der Waals surface area contributed by atoms with Gasteiger partial charge in [0, 0.05) is 0 Å². The molecule has 2 aliphatic rings. The molecule has 19 heavy (non-hydrogen) atoms. The second kappa shape index (κ2) is 7.18. The standard InChI is InChI=1S/C10H15.C5H5.C2H6Si.Zr/c1-3-4-7-10-8-5-6-9(10)2;1-2-4-5-3-1;1-3-2;/h6H,3-4,7-8H2,1-2H3;1-3H,4H2;1-2H3;. The van der Waals surface area contributed by atoms with Gasteiger partial charge in [-0.25, -0.2) is 0 Å². The summed E-state index contributed by atoms with van der Waals surface area (Å²) >= 11 is -1.45. The first-order valence-corrected chi connectivity index (χ1v) is 16.2. The molecule has 0 atom stereocenters. The number of rotatable bonds is 5. The van der Waals surface area contributed by atoms with Gasteiger partial charge in [0.15, 0.2) is 0 Å². The molecule has 0 aromatic heterocycles. The summed E-state index contributed by atoms with van der Waals surface area (Å²) < 4.78 is 3.76. The zero-order valence-corrected chi connectivity index (χ0v) is 16.3. The Morgan fingerprint density at radius 2 is 2.05 bits per heavy atom. The summed E-state index contributed by atoms with van der Waals surface area (Å²) in [6, 6.07) is 0. The Hall–Kier alpha value is 0.0600. The Morgan fingerprint density at radius 1 is 1.26 bits per heavy atom. The van der Waals surface area contributed by atoms with Crippen molar-refractivity contribution in [1.82, 2.24) is 0 Å². The van der Waals surface area contributed by atoms with E-state index in [0.717, 1.165) is 0 Å². The van der Waals surface area contributed by atoms with Crippen LogP contribution in [-0.2, 0) is 20.4 Å². The molecule has 2 aliphatic carbocycles. The second-order valence-electron chi connectivity index (χ2n) is 5.94. The van der Waals surface area contributed by atoms with Crippen LogP contribution in [0.15, 0.2) is 42.0 Å². The van der Waals surface area contributed by atoms with E-state index in [2.05, 4.69) is 51.2 Å². The van der Waals surface area contributed by atoms with Gasteiger partial charge >= 0.3 is 127 Å². The van der Waals surface area contributed by atoms with Gasteiger partial charge in [-0.3, -0.25) is 0 Å². The normalized spacial score (nSPS) is 17.9. The van der Waals surface area contributed by atoms with Crippen molar-refractivity contribution in [2.45, 2.75) is 59.0 Å². The van der Waals surface area contributed by atoms with E-state index in [1.165, 1.54) is 32.1 Å². The van der Waals surface area contributed by atoms with Gasteiger partial charge in [-0.05, 0) is 0 Å². The van der Waals surface area contributed by atoms with E-state index in [-0.39, 0.29) is 5.43 Å². The van der Waals surface area contributed by atoms with Crippen molar-refractivity contribution in [2.75, 3.05) is 0 Å². The predicted molar refractivity (Wildman–Crippen MR) is 84.2 cm³/mol. The molecular formula is C17H26SiZr. The first kappa shape index (κ1) is 15.4. The van der Waals surface area contributed by atoms with Crippen molar-refractivity contribution in [3.63, 3.8) is 0 Å². The van der Waals surface area contributed by atoms with Gasteiger partial charge in [0.1, 0.15) is 0 Å². The van der Waals surface area contributed by atoms with E-state index in [0.29, 0.717) is 0 Å². The van der Waals surface area contributed by atoms with Crippen LogP contribution < -0.4 is 0 Å². The number of allylic oxidation sites excluding steroid dienone is 8. The first-order valence-electron chi connectivity index (χ1n) is 7.56. The molecule has 0 aromatic carbocycles. The van der Waals surface area contributed by atoms with Crippen molar-refractivity contribution < 1.29 is 20.4 Å². The third kappa shape index (κ3) is 3.79. The summed E-state index contributed by atoms with van der Waals surface area (Å²) in [5, 5.41) is 0. The van der Waals surface area contributed by atoms with Crippen LogP contribution >= 0.6 is 0 Å². The Morgan fingerprint density at radius 3 is 2.63 bits per heavy atom. The summed E-state index contributed by atoms with van der Waals surface area (Å²) in [7, 11) is 0. The van der Waals surface area contributed by atoms with E-state index in [9.17, 15) is 0 Å². The molecule has 0 bridgehead atoms. The molecule has 0 spiro atoms. The average Bonchev–Trinajstić information content (AvgIpc) is 2.97. The molecular weight excluding hydrogens is 323 g/mol. The molecule has 0 N–H and O–H groups in total. The van der Waals surface area contributed by atoms with Crippen molar-refractivity contribution in [1.29, 1.82) is 0 Å². The van der Waals surface area contributed by atoms with Crippen LogP contribution in [0.25, 0.3) is 0 Å². The van der Waals surface area contributed by atoms with Crippen molar-refractivity contribution in [3.05, 3.63) is 42.0 Å². The van der Waals surface area contributed by atoms with Gasteiger partial charge in [-0.2, -0.15) is 0 Å². The van der Waals surface area contributed by atoms with Crippen LogP contribution in [0.1, 0.15) is 46.0 Å². The van der Waals surface area contributed by atoms with Crippen molar-refractivity contribution in [3.8, 4) is 0 Å². The molecule has 0 nitrogen and oxygen atoms in total. The van der Waals surface area contributed by atoms with Gasteiger partial charge < -0.3 is 0 Å². The van der Waals surface area contributed by atoms with E-state index >= 15 is 0 Å². The van der Waals surface area contributed by atoms with Crippen LogP contribution in [0, 0.1) is 0 Å². The molecule has 0 heterocycles. The Labute approximate surface area is 126 Å². The predicted octanol–water partition coefficient (Wildman–Crippen LogP) is 5.49. The molecule has 2 heteroatoms. The second-order valence-corrected chi connectivity index (χ2v) is 23.3. The fourth-order valence-electron chi connectivity index (χ4n) is 3.10. The zero-order valence-electron chi connectivity index (χ0n) is 12.8. The van der Waals surface area contributed by atoms with Crippen LogP contribution in [0.2, 0.25) is 13.1 Å². The van der Waals surface area contributed by atoms with Crippen LogP contribution in [-0.4, -0.2) is 5.43 Å². The quantitative estimate of drug-likeness (QED) is 0.575. The average molecular weight is 350 g/mol. The van der Waals surface area contributed by atoms with Gasteiger partial charge in [0.25, 0.3) is 0 Å². The van der Waals surface area contributed by atoms with Crippen molar-refractivity contribution in [2.24, 2.45) is 0 Å². The monoisotopic (exact) mass is 348 g/mol. The van der Waals surface area contributed by atoms with Crippen molar-refractivity contribution >= 4 is 5.43 Å². The summed E-state index contributed by atoms with van der Waals surface area (Å²) in [5.74, 6) is 0. The molecule has 0 saturated carbocycles. The fraction of sp³-hybridized carbons (Fsp3) is 0.529. The SMILES string of the molecule is CCCCC1=C(C)C=[C]([Zr]([C]2=CC=CC2)=[Si](C)C)C1. The summed E-state index contributed by atoms with van der Waals surface area (Å²) in [6.45, 7) is 9.75. The summed E-state index contributed by atoms with van der Waals surface area (Å²) in [6.07, 6.45) is 16.3. The third-order valence-electron chi connectivity index (χ3n) is 4.10. The Kier molecular flexibility index (Phi) is 5.84. The molecule has 0 aromatic rings. The maximum atomic E-state index is 2.59. The number of unbranched alkanes of at least 4 members (excludes halogenated alkanes) is 1. The van der Waals surface area contributed by atoms with Gasteiger partial charge in [-0.1, -0.05) is 0 Å². The Balaban J connectivity index is 2.16. The first-order chi connectivity index (χ1) is 9.13. The van der Waals surface area contributed by atoms with Crippen LogP contribution in [0.5, 0.6) is 0 Å². The zero-order chi connectivity index (χ0) is 13.8.